The van der Waals surface area contributed by atoms with Gasteiger partial charge in [0.1, 0.15) is 28.5 Å². The van der Waals surface area contributed by atoms with Crippen molar-refractivity contribution in [2.75, 3.05) is 7.11 Å². The second-order valence-corrected chi connectivity index (χ2v) is 9.97. The minimum Gasteiger partial charge on any atom is -0.511 e. The van der Waals surface area contributed by atoms with E-state index in [-0.39, 0.29) is 34.6 Å². The molecule has 3 unspecified atom stereocenters. The first kappa shape index (κ1) is 25.9. The van der Waals surface area contributed by atoms with E-state index in [2.05, 4.69) is 17.0 Å². The van der Waals surface area contributed by atoms with Crippen molar-refractivity contribution >= 4 is 17.5 Å². The lowest BCUT2D eigenvalue weighted by Crippen LogP contribution is -2.43. The van der Waals surface area contributed by atoms with Crippen LogP contribution in [0.4, 0.5) is 0 Å². The largest absolute Gasteiger partial charge is 0.511 e. The Balaban J connectivity index is 1.62. The molecule has 2 aromatic rings. The van der Waals surface area contributed by atoms with Crippen LogP contribution in [0.1, 0.15) is 52.4 Å². The summed E-state index contributed by atoms with van der Waals surface area (Å²) in [5, 5.41) is 24.7. The number of ether oxygens (including phenoxy) is 1. The Labute approximate surface area is 224 Å². The molecule has 9 heteroatoms. The summed E-state index contributed by atoms with van der Waals surface area (Å²) < 4.78 is 5.16. The van der Waals surface area contributed by atoms with Crippen LogP contribution in [0, 0.1) is 34.5 Å². The Bertz CT molecular complexity index is 1570. The number of aliphatic hydroxyl groups excluding tert-OH is 1. The Morgan fingerprint density at radius 2 is 1.87 bits per heavy atom. The normalized spacial score (nSPS) is 21.8. The maximum absolute atomic E-state index is 13.9. The van der Waals surface area contributed by atoms with Crippen molar-refractivity contribution in [3.05, 3.63) is 85.7 Å². The predicted octanol–water partition coefficient (Wildman–Crippen LogP) is 3.64. The number of nitrogens with two attached hydrogens (primary N) is 1. The van der Waals surface area contributed by atoms with E-state index in [1.54, 1.807) is 37.4 Å². The number of ketones is 2. The number of aryl methyl sites for hydroxylation is 1. The van der Waals surface area contributed by atoms with Gasteiger partial charge in [-0.25, -0.2) is 0 Å². The van der Waals surface area contributed by atoms with E-state index < -0.39 is 46.6 Å². The summed E-state index contributed by atoms with van der Waals surface area (Å²) in [6.07, 6.45) is 1.23. The Hall–Kier alpha value is -4.71. The molecule has 0 saturated heterocycles. The Kier molecular flexibility index (Phi) is 6.56. The summed E-state index contributed by atoms with van der Waals surface area (Å²) >= 11 is 0. The quantitative estimate of drug-likeness (QED) is 0.312. The molecule has 4 N–H and O–H groups in total. The molecular formula is C30H26N2O7. The summed E-state index contributed by atoms with van der Waals surface area (Å²) in [5.41, 5.74) is 7.07. The van der Waals surface area contributed by atoms with Crippen molar-refractivity contribution in [1.29, 1.82) is 0 Å². The average molecular weight is 527 g/mol. The van der Waals surface area contributed by atoms with Crippen LogP contribution in [0.5, 0.6) is 11.5 Å². The molecule has 5 rings (SSSR count). The minimum absolute atomic E-state index is 0.0235. The van der Waals surface area contributed by atoms with Crippen molar-refractivity contribution in [2.24, 2.45) is 28.7 Å². The van der Waals surface area contributed by atoms with Crippen LogP contribution in [0.15, 0.2) is 58.1 Å². The highest BCUT2D eigenvalue weighted by Crippen LogP contribution is 2.51. The van der Waals surface area contributed by atoms with Gasteiger partial charge in [-0.1, -0.05) is 18.8 Å². The maximum atomic E-state index is 13.9. The smallest absolute Gasteiger partial charge is 0.255 e. The zero-order valence-electron chi connectivity index (χ0n) is 21.4. The van der Waals surface area contributed by atoms with Gasteiger partial charge in [0.2, 0.25) is 0 Å². The highest BCUT2D eigenvalue weighted by Gasteiger charge is 2.50. The number of aliphatic hydroxyl groups is 1. The van der Waals surface area contributed by atoms with E-state index in [4.69, 9.17) is 10.5 Å². The van der Waals surface area contributed by atoms with Crippen molar-refractivity contribution in [3.8, 4) is 23.3 Å². The highest BCUT2D eigenvalue weighted by atomic mass is 16.5. The number of carbonyl (C=O) groups excluding carboxylic acids is 3. The highest BCUT2D eigenvalue weighted by molar-refractivity contribution is 6.22. The first-order chi connectivity index (χ1) is 18.7. The summed E-state index contributed by atoms with van der Waals surface area (Å²) in [6, 6.07) is 8.85. The van der Waals surface area contributed by atoms with E-state index in [0.717, 1.165) is 5.56 Å². The molecule has 0 radical (unpaired) electrons. The number of amides is 1. The topological polar surface area (TPSA) is 156 Å². The van der Waals surface area contributed by atoms with E-state index in [1.165, 1.54) is 0 Å². The van der Waals surface area contributed by atoms with E-state index >= 15 is 0 Å². The van der Waals surface area contributed by atoms with Gasteiger partial charge in [0.25, 0.3) is 5.91 Å². The zero-order valence-corrected chi connectivity index (χ0v) is 21.4. The van der Waals surface area contributed by atoms with Crippen molar-refractivity contribution in [1.82, 2.24) is 0 Å². The molecule has 1 amide bonds. The minimum atomic E-state index is -1.16. The second kappa shape index (κ2) is 9.87. The van der Waals surface area contributed by atoms with Crippen LogP contribution in [-0.2, 0) is 22.4 Å². The van der Waals surface area contributed by atoms with Crippen LogP contribution in [0.2, 0.25) is 0 Å². The molecule has 0 aromatic heterocycles. The molecule has 198 valence electrons. The second-order valence-electron chi connectivity index (χ2n) is 9.97. The molecule has 3 atom stereocenters. The Morgan fingerprint density at radius 1 is 1.15 bits per heavy atom. The third kappa shape index (κ3) is 4.18. The Morgan fingerprint density at radius 3 is 2.49 bits per heavy atom. The first-order valence-electron chi connectivity index (χ1n) is 12.6. The lowest BCUT2D eigenvalue weighted by atomic mass is 9.61. The number of nitrogens with zero attached hydrogens (tertiary/aromatic N) is 1. The van der Waals surface area contributed by atoms with Gasteiger partial charge in [-0.05, 0) is 77.7 Å². The predicted molar refractivity (Wildman–Crippen MR) is 141 cm³/mol. The summed E-state index contributed by atoms with van der Waals surface area (Å²) in [5.74, 6) is 1.32. The monoisotopic (exact) mass is 526 g/mol. The molecule has 2 aromatic carbocycles. The van der Waals surface area contributed by atoms with Gasteiger partial charge in [0, 0.05) is 17.6 Å². The maximum Gasteiger partial charge on any atom is 0.255 e. The number of allylic oxidation sites excluding steroid dienone is 3. The molecule has 9 nitrogen and oxygen atoms in total. The molecule has 39 heavy (non-hydrogen) atoms. The van der Waals surface area contributed by atoms with Crippen LogP contribution >= 0.6 is 0 Å². The van der Waals surface area contributed by atoms with Crippen molar-refractivity contribution in [3.63, 3.8) is 0 Å². The van der Waals surface area contributed by atoms with Crippen LogP contribution < -0.4 is 10.5 Å². The fourth-order valence-corrected chi connectivity index (χ4v) is 6.11. The summed E-state index contributed by atoms with van der Waals surface area (Å²) in [6.45, 7) is 1.94. The van der Waals surface area contributed by atoms with E-state index in [0.29, 0.717) is 36.1 Å². The van der Waals surface area contributed by atoms with Crippen LogP contribution in [0.25, 0.3) is 0 Å². The van der Waals surface area contributed by atoms with Gasteiger partial charge < -0.3 is 20.7 Å². The number of hydrogen-bond donors (Lipinski definition) is 3. The molecule has 0 aliphatic heterocycles. The van der Waals surface area contributed by atoms with Gasteiger partial charge in [-0.3, -0.25) is 14.4 Å². The molecule has 3 aliphatic carbocycles. The van der Waals surface area contributed by atoms with Crippen LogP contribution in [-0.4, -0.2) is 34.8 Å². The first-order valence-corrected chi connectivity index (χ1v) is 12.6. The molecule has 0 heterocycles. The average Bonchev–Trinajstić information content (AvgIpc) is 2.91. The standard InChI is InChI=1S/C30H26N2O7/c1-3-15-10-16(7-4-14-5-8-19(39-2)9-6-14)27(34)24-20(15)12-17-11-18-13-21(33)25(30(31)37)29(36)23(18)26(32-38)22(17)28(24)35/h5-6,8-10,17-18,23,33-34H,3,11-13H2,1-2H3,(H2,31,37). The number of methoxy groups -OCH3 is 1. The van der Waals surface area contributed by atoms with Crippen LogP contribution in [0.3, 0.4) is 0 Å². The lowest BCUT2D eigenvalue weighted by Gasteiger charge is -2.41. The zero-order chi connectivity index (χ0) is 28.0. The number of aromatic hydroxyl groups is 1. The number of primary amides is 1. The lowest BCUT2D eigenvalue weighted by molar-refractivity contribution is -0.125. The fraction of sp³-hybridized carbons (Fsp3) is 0.300. The molecular weight excluding hydrogens is 500 g/mol. The molecule has 0 bridgehead atoms. The number of phenols is 1. The summed E-state index contributed by atoms with van der Waals surface area (Å²) in [7, 11) is 1.56. The SMILES string of the molecule is CCc1cc(C#Cc2ccc(OC)cc2)c(O)c2c1CC1CC3CC(O)=C(C(N)=O)C(=O)C3C(N=O)=C1C2=O. The number of carbonyl (C=O) groups is 3. The molecule has 0 saturated carbocycles. The third-order valence-corrected chi connectivity index (χ3v) is 7.89. The number of benzene rings is 2. The number of phenolic OH excluding ortho intramolecular Hbond substituents is 1. The molecule has 0 spiro atoms. The number of rotatable bonds is 4. The van der Waals surface area contributed by atoms with Gasteiger partial charge >= 0.3 is 0 Å². The fourth-order valence-electron chi connectivity index (χ4n) is 6.11. The van der Waals surface area contributed by atoms with Gasteiger partial charge in [0.05, 0.1) is 24.2 Å². The van der Waals surface area contributed by atoms with E-state index in [1.807, 2.05) is 6.92 Å². The number of Topliss-reactive ketones (excluding diaryl/α,β-unsaturated/α-hetero) is 2. The van der Waals surface area contributed by atoms with Gasteiger partial charge in [-0.15, -0.1) is 4.91 Å². The van der Waals surface area contributed by atoms with Crippen molar-refractivity contribution < 1.29 is 29.3 Å². The number of hydrogen-bond acceptors (Lipinski definition) is 8. The number of nitroso groups, excluding NO2 is 1. The van der Waals surface area contributed by atoms with E-state index in [9.17, 15) is 29.5 Å². The number of fused-ring (bicyclic) bond motifs is 3. The van der Waals surface area contributed by atoms with Gasteiger partial charge in [0.15, 0.2) is 11.6 Å². The summed E-state index contributed by atoms with van der Waals surface area (Å²) in [4.78, 5) is 51.0. The molecule has 0 fully saturated rings. The van der Waals surface area contributed by atoms with Crippen molar-refractivity contribution in [2.45, 2.75) is 32.6 Å². The van der Waals surface area contributed by atoms with Gasteiger partial charge in [-0.2, -0.15) is 0 Å². The third-order valence-electron chi connectivity index (χ3n) is 7.89. The molecule has 3 aliphatic rings.